The Morgan fingerprint density at radius 1 is 1.56 bits per heavy atom. The topological polar surface area (TPSA) is 79.9 Å². The quantitative estimate of drug-likeness (QED) is 0.890. The van der Waals surface area contributed by atoms with Gasteiger partial charge in [0.05, 0.1) is 19.0 Å². The molecule has 0 aliphatic carbocycles. The Kier molecular flexibility index (Phi) is 3.78. The second-order valence-electron chi connectivity index (χ2n) is 3.52. The summed E-state index contributed by atoms with van der Waals surface area (Å²) in [5.74, 6) is 0. The summed E-state index contributed by atoms with van der Waals surface area (Å²) in [7, 11) is 1.31. The largest absolute Gasteiger partial charge is 0.453 e. The Balaban J connectivity index is 2.19. The van der Waals surface area contributed by atoms with E-state index in [9.17, 15) is 4.79 Å². The number of methoxy groups -OCH3 is 1. The van der Waals surface area contributed by atoms with Gasteiger partial charge in [0.1, 0.15) is 0 Å². The van der Waals surface area contributed by atoms with Crippen LogP contribution in [0.4, 0.5) is 4.79 Å². The van der Waals surface area contributed by atoms with E-state index < -0.39 is 6.09 Å². The molecule has 0 spiro atoms. The zero-order valence-corrected chi connectivity index (χ0v) is 10.4. The third-order valence-corrected chi connectivity index (χ3v) is 2.75. The highest BCUT2D eigenvalue weighted by molar-refractivity contribution is 6.31. The van der Waals surface area contributed by atoms with Gasteiger partial charge in [0.15, 0.2) is 0 Å². The maximum absolute atomic E-state index is 11.0. The number of halogens is 1. The van der Waals surface area contributed by atoms with Gasteiger partial charge in [0, 0.05) is 17.1 Å². The number of hydrogen-bond donors (Lipinski definition) is 2. The molecule has 0 aliphatic heterocycles. The summed E-state index contributed by atoms with van der Waals surface area (Å²) in [5, 5.41) is 13.3. The third kappa shape index (κ3) is 2.78. The van der Waals surface area contributed by atoms with Gasteiger partial charge in [0.2, 0.25) is 0 Å². The molecular weight excluding hydrogens is 256 g/mol. The van der Waals surface area contributed by atoms with E-state index in [-0.39, 0.29) is 0 Å². The fraction of sp³-hybridized carbons (Fsp3) is 0.182. The number of alkyl carbamates (subject to hydrolysis) is 1. The molecule has 94 valence electrons. The Labute approximate surface area is 108 Å². The fourth-order valence-corrected chi connectivity index (χ4v) is 1.64. The van der Waals surface area contributed by atoms with E-state index in [1.54, 1.807) is 12.3 Å². The van der Waals surface area contributed by atoms with E-state index in [2.05, 4.69) is 25.5 Å². The number of rotatable bonds is 3. The number of benzene rings is 1. The molecule has 0 atom stereocenters. The van der Waals surface area contributed by atoms with E-state index in [1.165, 1.54) is 7.11 Å². The van der Waals surface area contributed by atoms with Crippen molar-refractivity contribution in [2.24, 2.45) is 0 Å². The van der Waals surface area contributed by atoms with Gasteiger partial charge in [-0.3, -0.25) is 5.10 Å². The molecule has 0 radical (unpaired) electrons. The van der Waals surface area contributed by atoms with Gasteiger partial charge in [-0.2, -0.15) is 0 Å². The van der Waals surface area contributed by atoms with Gasteiger partial charge in [-0.1, -0.05) is 22.9 Å². The van der Waals surface area contributed by atoms with Gasteiger partial charge in [0.25, 0.3) is 0 Å². The number of hydrogen-bond acceptors (Lipinski definition) is 4. The zero-order valence-electron chi connectivity index (χ0n) is 9.61. The molecular formula is C11H11ClN4O2. The maximum Gasteiger partial charge on any atom is 0.407 e. The highest BCUT2D eigenvalue weighted by Gasteiger charge is 2.07. The van der Waals surface area contributed by atoms with E-state index >= 15 is 0 Å². The molecule has 2 aromatic rings. The van der Waals surface area contributed by atoms with Crippen LogP contribution in [0.1, 0.15) is 5.56 Å². The Bertz CT molecular complexity index is 542. The van der Waals surface area contributed by atoms with Crippen molar-refractivity contribution in [1.82, 2.24) is 20.7 Å². The van der Waals surface area contributed by atoms with Crippen LogP contribution in [-0.2, 0) is 11.3 Å². The molecule has 0 fully saturated rings. The second-order valence-corrected chi connectivity index (χ2v) is 3.93. The molecule has 2 rings (SSSR count). The number of carbonyl (C=O) groups is 1. The number of H-pyrrole nitrogens is 1. The molecule has 1 aromatic carbocycles. The lowest BCUT2D eigenvalue weighted by Crippen LogP contribution is -2.22. The summed E-state index contributed by atoms with van der Waals surface area (Å²) < 4.78 is 4.49. The summed E-state index contributed by atoms with van der Waals surface area (Å²) >= 11 is 6.05. The molecule has 0 aliphatic rings. The normalized spacial score (nSPS) is 10.1. The average Bonchev–Trinajstić information content (AvgIpc) is 2.91. The molecule has 6 nitrogen and oxygen atoms in total. The van der Waals surface area contributed by atoms with Gasteiger partial charge < -0.3 is 10.1 Å². The van der Waals surface area contributed by atoms with Crippen molar-refractivity contribution in [3.63, 3.8) is 0 Å². The van der Waals surface area contributed by atoms with Gasteiger partial charge in [-0.25, -0.2) is 4.79 Å². The minimum atomic E-state index is -0.500. The van der Waals surface area contributed by atoms with E-state index in [1.807, 2.05) is 12.1 Å². The van der Waals surface area contributed by atoms with Gasteiger partial charge in [-0.15, -0.1) is 5.10 Å². The minimum Gasteiger partial charge on any atom is -0.453 e. The van der Waals surface area contributed by atoms with Crippen LogP contribution in [-0.4, -0.2) is 28.6 Å². The molecule has 0 saturated carbocycles. The first-order valence-corrected chi connectivity index (χ1v) is 5.55. The van der Waals surface area contributed by atoms with Crippen LogP contribution in [0, 0.1) is 0 Å². The van der Waals surface area contributed by atoms with Crippen molar-refractivity contribution in [3.8, 4) is 11.3 Å². The summed E-state index contributed by atoms with van der Waals surface area (Å²) in [6, 6.07) is 5.46. The second kappa shape index (κ2) is 5.50. The molecule has 1 heterocycles. The van der Waals surface area contributed by atoms with Crippen molar-refractivity contribution in [3.05, 3.63) is 35.0 Å². The first-order chi connectivity index (χ1) is 8.70. The van der Waals surface area contributed by atoms with Crippen LogP contribution in [0.2, 0.25) is 5.02 Å². The number of amides is 1. The van der Waals surface area contributed by atoms with Gasteiger partial charge in [-0.05, 0) is 17.7 Å². The molecule has 0 bridgehead atoms. The van der Waals surface area contributed by atoms with Gasteiger partial charge >= 0.3 is 6.09 Å². The SMILES string of the molecule is COC(=O)NCc1cc(-c2cnn[nH]2)ccc1Cl. The molecule has 1 aromatic heterocycles. The Hall–Kier alpha value is -2.08. The molecule has 1 amide bonds. The van der Waals surface area contributed by atoms with Crippen LogP contribution >= 0.6 is 11.6 Å². The highest BCUT2D eigenvalue weighted by Crippen LogP contribution is 2.23. The molecule has 7 heteroatoms. The lowest BCUT2D eigenvalue weighted by Gasteiger charge is -2.07. The number of aromatic amines is 1. The standard InChI is InChI=1S/C11H11ClN4O2/c1-18-11(17)13-5-8-4-7(2-3-9(8)12)10-6-14-16-15-10/h2-4,6H,5H2,1H3,(H,13,17)(H,14,15,16). The molecule has 0 saturated heterocycles. The van der Waals surface area contributed by atoms with Crippen LogP contribution in [0.15, 0.2) is 24.4 Å². The minimum absolute atomic E-state index is 0.293. The molecule has 2 N–H and O–H groups in total. The van der Waals surface area contributed by atoms with E-state index in [4.69, 9.17) is 11.6 Å². The number of ether oxygens (including phenoxy) is 1. The van der Waals surface area contributed by atoms with Crippen molar-refractivity contribution in [1.29, 1.82) is 0 Å². The number of carbonyl (C=O) groups excluding carboxylic acids is 1. The van der Waals surface area contributed by atoms with Crippen molar-refractivity contribution in [2.75, 3.05) is 7.11 Å². The smallest absolute Gasteiger partial charge is 0.407 e. The molecule has 0 unspecified atom stereocenters. The van der Waals surface area contributed by atoms with Crippen molar-refractivity contribution in [2.45, 2.75) is 6.54 Å². The third-order valence-electron chi connectivity index (χ3n) is 2.38. The zero-order chi connectivity index (χ0) is 13.0. The predicted octanol–water partition coefficient (Wildman–Crippen LogP) is 1.98. The fourth-order valence-electron chi connectivity index (χ4n) is 1.45. The summed E-state index contributed by atoms with van der Waals surface area (Å²) in [5.41, 5.74) is 2.46. The average molecular weight is 267 g/mol. The van der Waals surface area contributed by atoms with Crippen molar-refractivity contribution < 1.29 is 9.53 Å². The van der Waals surface area contributed by atoms with Crippen LogP contribution in [0.5, 0.6) is 0 Å². The number of nitrogens with zero attached hydrogens (tertiary/aromatic N) is 2. The number of nitrogens with one attached hydrogen (secondary N) is 2. The lowest BCUT2D eigenvalue weighted by molar-refractivity contribution is 0.170. The van der Waals surface area contributed by atoms with E-state index in [0.717, 1.165) is 16.8 Å². The molecule has 18 heavy (non-hydrogen) atoms. The van der Waals surface area contributed by atoms with Crippen molar-refractivity contribution >= 4 is 17.7 Å². The van der Waals surface area contributed by atoms with Crippen LogP contribution < -0.4 is 5.32 Å². The monoisotopic (exact) mass is 266 g/mol. The lowest BCUT2D eigenvalue weighted by atomic mass is 10.1. The first kappa shape index (κ1) is 12.4. The summed E-state index contributed by atoms with van der Waals surface area (Å²) in [6.45, 7) is 0.293. The summed E-state index contributed by atoms with van der Waals surface area (Å²) in [6.07, 6.45) is 1.11. The predicted molar refractivity (Wildman–Crippen MR) is 66.1 cm³/mol. The Morgan fingerprint density at radius 2 is 2.39 bits per heavy atom. The highest BCUT2D eigenvalue weighted by atomic mass is 35.5. The first-order valence-electron chi connectivity index (χ1n) is 5.17. The number of aromatic nitrogens is 3. The van der Waals surface area contributed by atoms with Crippen LogP contribution in [0.3, 0.4) is 0 Å². The van der Waals surface area contributed by atoms with E-state index in [0.29, 0.717) is 11.6 Å². The Morgan fingerprint density at radius 3 is 3.06 bits per heavy atom. The van der Waals surface area contributed by atoms with Crippen LogP contribution in [0.25, 0.3) is 11.3 Å². The summed E-state index contributed by atoms with van der Waals surface area (Å²) in [4.78, 5) is 11.0. The maximum atomic E-state index is 11.0.